The molecule has 9 heteroatoms. The zero-order valence-corrected chi connectivity index (χ0v) is 16.1. The molecule has 27 heavy (non-hydrogen) atoms. The van der Waals surface area contributed by atoms with Gasteiger partial charge in [0, 0.05) is 17.4 Å². The molecule has 2 atom stereocenters. The van der Waals surface area contributed by atoms with E-state index in [0.717, 1.165) is 11.2 Å². The number of aromatic nitrogens is 3. The Hall–Kier alpha value is -2.54. The lowest BCUT2D eigenvalue weighted by Gasteiger charge is -2.25. The van der Waals surface area contributed by atoms with E-state index in [0.29, 0.717) is 24.4 Å². The summed E-state index contributed by atoms with van der Waals surface area (Å²) in [6, 6.07) is 12.7. The average Bonchev–Trinajstić information content (AvgIpc) is 3.10. The number of rotatable bonds is 9. The van der Waals surface area contributed by atoms with Crippen molar-refractivity contribution in [1.82, 2.24) is 14.6 Å². The van der Waals surface area contributed by atoms with Gasteiger partial charge in [-0.15, -0.1) is 4.52 Å². The summed E-state index contributed by atoms with van der Waals surface area (Å²) in [5.74, 6) is 0.929. The van der Waals surface area contributed by atoms with E-state index in [1.807, 2.05) is 25.1 Å². The number of para-hydroxylation sites is 1. The van der Waals surface area contributed by atoms with Gasteiger partial charge in [0.2, 0.25) is 0 Å². The van der Waals surface area contributed by atoms with Crippen molar-refractivity contribution < 1.29 is 18.3 Å². The number of methoxy groups -OCH3 is 1. The van der Waals surface area contributed by atoms with E-state index in [9.17, 15) is 4.57 Å². The average molecular weight is 389 g/mol. The molecule has 0 bridgehead atoms. The number of nitrogen functional groups attached to an aromatic ring is 1. The highest BCUT2D eigenvalue weighted by Gasteiger charge is 2.32. The molecular formula is C18H22N4O4P+. The Morgan fingerprint density at radius 1 is 1.22 bits per heavy atom. The molecule has 1 aromatic carbocycles. The first-order valence-electron chi connectivity index (χ1n) is 8.46. The van der Waals surface area contributed by atoms with Gasteiger partial charge in [-0.2, -0.15) is 5.10 Å². The van der Waals surface area contributed by atoms with Crippen LogP contribution in [0.15, 0.2) is 48.8 Å². The highest BCUT2D eigenvalue weighted by Crippen LogP contribution is 2.30. The minimum absolute atomic E-state index is 0.131. The van der Waals surface area contributed by atoms with E-state index in [1.165, 1.54) is 6.33 Å². The Morgan fingerprint density at radius 2 is 2.00 bits per heavy atom. The molecule has 0 saturated carbocycles. The third kappa shape index (κ3) is 4.80. The van der Waals surface area contributed by atoms with Crippen molar-refractivity contribution in [3.8, 4) is 5.75 Å². The summed E-state index contributed by atoms with van der Waals surface area (Å²) in [6.07, 6.45) is 2.73. The van der Waals surface area contributed by atoms with Gasteiger partial charge >= 0.3 is 8.25 Å². The normalized spacial score (nSPS) is 14.1. The highest BCUT2D eigenvalue weighted by atomic mass is 31.1. The summed E-state index contributed by atoms with van der Waals surface area (Å²) in [5, 5.41) is 4.24. The molecule has 8 nitrogen and oxygen atoms in total. The van der Waals surface area contributed by atoms with Crippen LogP contribution in [-0.2, 0) is 20.2 Å². The highest BCUT2D eigenvalue weighted by molar-refractivity contribution is 7.33. The van der Waals surface area contributed by atoms with E-state index in [-0.39, 0.29) is 6.61 Å². The maximum absolute atomic E-state index is 12.0. The number of ether oxygens (including phenoxy) is 1. The maximum Gasteiger partial charge on any atom is 0.750 e. The summed E-state index contributed by atoms with van der Waals surface area (Å²) in [4.78, 5) is 3.98. The third-order valence-corrected chi connectivity index (χ3v) is 5.06. The number of nitrogens with zero attached hydrogens (tertiary/aromatic N) is 3. The van der Waals surface area contributed by atoms with Crippen LogP contribution in [0.2, 0.25) is 0 Å². The second kappa shape index (κ2) is 8.43. The van der Waals surface area contributed by atoms with Gasteiger partial charge in [-0.05, 0) is 44.0 Å². The van der Waals surface area contributed by atoms with Crippen LogP contribution in [0.1, 0.15) is 19.0 Å². The number of fused-ring (bicyclic) bond motifs is 1. The van der Waals surface area contributed by atoms with Crippen LogP contribution in [0.3, 0.4) is 0 Å². The lowest BCUT2D eigenvalue weighted by atomic mass is 10.00. The molecule has 0 aliphatic carbocycles. The van der Waals surface area contributed by atoms with Gasteiger partial charge in [0.25, 0.3) is 0 Å². The first-order valence-corrected chi connectivity index (χ1v) is 9.56. The lowest BCUT2D eigenvalue weighted by molar-refractivity contribution is -0.0358. The summed E-state index contributed by atoms with van der Waals surface area (Å²) < 4.78 is 30.1. The Kier molecular flexibility index (Phi) is 6.01. The predicted molar refractivity (Wildman–Crippen MR) is 102 cm³/mol. The molecule has 0 radical (unpaired) electrons. The molecular weight excluding hydrogens is 367 g/mol. The number of nitrogens with two attached hydrogens (primary N) is 1. The first-order chi connectivity index (χ1) is 13.0. The molecule has 3 rings (SSSR count). The van der Waals surface area contributed by atoms with Crippen molar-refractivity contribution in [2.45, 2.75) is 25.4 Å². The second-order valence-electron chi connectivity index (χ2n) is 6.32. The Morgan fingerprint density at radius 3 is 2.74 bits per heavy atom. The minimum Gasteiger partial charge on any atom is -0.382 e. The summed E-state index contributed by atoms with van der Waals surface area (Å²) >= 11 is 0. The molecule has 0 amide bonds. The van der Waals surface area contributed by atoms with Crippen LogP contribution in [0.4, 0.5) is 5.82 Å². The quantitative estimate of drug-likeness (QED) is 0.560. The fraction of sp³-hybridized carbons (Fsp3) is 0.333. The van der Waals surface area contributed by atoms with Crippen LogP contribution >= 0.6 is 8.25 Å². The van der Waals surface area contributed by atoms with Gasteiger partial charge in [-0.3, -0.25) is 0 Å². The molecule has 0 aliphatic rings. The molecule has 2 N–H and O–H groups in total. The largest absolute Gasteiger partial charge is 0.750 e. The van der Waals surface area contributed by atoms with Crippen LogP contribution in [0.25, 0.3) is 5.52 Å². The molecule has 0 spiro atoms. The van der Waals surface area contributed by atoms with Crippen LogP contribution in [-0.4, -0.2) is 33.9 Å². The monoisotopic (exact) mass is 389 g/mol. The van der Waals surface area contributed by atoms with E-state index >= 15 is 0 Å². The van der Waals surface area contributed by atoms with Gasteiger partial charge in [0.1, 0.15) is 18.5 Å². The summed E-state index contributed by atoms with van der Waals surface area (Å²) in [6.45, 7) is 2.03. The molecule has 2 heterocycles. The van der Waals surface area contributed by atoms with E-state index in [2.05, 4.69) is 10.1 Å². The lowest BCUT2D eigenvalue weighted by Crippen LogP contribution is -2.33. The van der Waals surface area contributed by atoms with Crippen molar-refractivity contribution in [2.24, 2.45) is 0 Å². The van der Waals surface area contributed by atoms with Crippen molar-refractivity contribution in [1.29, 1.82) is 0 Å². The van der Waals surface area contributed by atoms with Crippen molar-refractivity contribution in [3.05, 3.63) is 54.5 Å². The molecule has 0 fully saturated rings. The number of aryl methyl sites for hydroxylation is 1. The number of hydrogen-bond acceptors (Lipinski definition) is 7. The number of benzene rings is 1. The third-order valence-electron chi connectivity index (χ3n) is 4.36. The topological polar surface area (TPSA) is 101 Å². The number of anilines is 1. The Labute approximate surface area is 158 Å². The molecule has 142 valence electrons. The standard InChI is InChI=1S/C18H22N4O4P/c1-18(24-2,12-25-27(23)26-15-6-4-3-5-7-15)11-10-14-8-9-16-17(19)20-13-21-22(14)16/h3-9,13H,10-12H2,1-2H3,(H2,19,20,21)/q+1/t18-/m0/s1. The second-order valence-corrected chi connectivity index (χ2v) is 7.21. The van der Waals surface area contributed by atoms with Crippen LogP contribution < -0.4 is 10.3 Å². The Bertz CT molecular complexity index is 918. The van der Waals surface area contributed by atoms with Gasteiger partial charge in [-0.1, -0.05) is 18.2 Å². The number of hydrogen-bond donors (Lipinski definition) is 1. The van der Waals surface area contributed by atoms with Crippen LogP contribution in [0, 0.1) is 0 Å². The van der Waals surface area contributed by atoms with Crippen LogP contribution in [0.5, 0.6) is 5.75 Å². The fourth-order valence-electron chi connectivity index (χ4n) is 2.60. The van der Waals surface area contributed by atoms with Gasteiger partial charge < -0.3 is 10.5 Å². The predicted octanol–water partition coefficient (Wildman–Crippen LogP) is 3.40. The molecule has 2 aromatic heterocycles. The summed E-state index contributed by atoms with van der Waals surface area (Å²) in [7, 11) is -0.686. The van der Waals surface area contributed by atoms with E-state index in [1.54, 1.807) is 35.9 Å². The zero-order chi connectivity index (χ0) is 19.3. The van der Waals surface area contributed by atoms with E-state index < -0.39 is 13.9 Å². The van der Waals surface area contributed by atoms with Gasteiger partial charge in [0.15, 0.2) is 11.6 Å². The minimum atomic E-state index is -2.29. The van der Waals surface area contributed by atoms with E-state index in [4.69, 9.17) is 19.5 Å². The molecule has 1 unspecified atom stereocenters. The van der Waals surface area contributed by atoms with Gasteiger partial charge in [0.05, 0.1) is 5.60 Å². The Balaban J connectivity index is 1.58. The molecule has 0 saturated heterocycles. The molecule has 3 aromatic rings. The van der Waals surface area contributed by atoms with Crippen molar-refractivity contribution in [2.75, 3.05) is 19.5 Å². The van der Waals surface area contributed by atoms with Gasteiger partial charge in [-0.25, -0.2) is 14.0 Å². The fourth-order valence-corrected chi connectivity index (χ4v) is 3.33. The SMILES string of the molecule is CO[C@@](C)(CCc1ccc2c(N)ncnn12)CO[P+](=O)Oc1ccccc1. The molecule has 0 aliphatic heterocycles. The first kappa shape index (κ1) is 19.2. The van der Waals surface area contributed by atoms with Crippen molar-refractivity contribution in [3.63, 3.8) is 0 Å². The smallest absolute Gasteiger partial charge is 0.382 e. The summed E-state index contributed by atoms with van der Waals surface area (Å²) in [5.41, 5.74) is 6.97. The maximum atomic E-state index is 12.0. The van der Waals surface area contributed by atoms with Crippen molar-refractivity contribution >= 4 is 19.6 Å². The zero-order valence-electron chi connectivity index (χ0n) is 15.2.